The molecule has 116 valence electrons. The first-order chi connectivity index (χ1) is 9.79. The number of hydrogen-bond acceptors (Lipinski definition) is 6. The lowest BCUT2D eigenvalue weighted by Gasteiger charge is -2.29. The molecule has 0 amide bonds. The van der Waals surface area contributed by atoms with Gasteiger partial charge < -0.3 is 5.11 Å². The molecule has 10 heteroatoms. The van der Waals surface area contributed by atoms with Gasteiger partial charge in [-0.1, -0.05) is 0 Å². The van der Waals surface area contributed by atoms with E-state index in [4.69, 9.17) is 5.11 Å². The number of nitrogens with one attached hydrogen (secondary N) is 1. The molecule has 1 aromatic rings. The van der Waals surface area contributed by atoms with Crippen LogP contribution in [0.25, 0.3) is 0 Å². The molecule has 1 aliphatic heterocycles. The zero-order valence-corrected chi connectivity index (χ0v) is 12.6. The molecule has 0 saturated carbocycles. The number of aliphatic carboxylic acids is 1. The van der Waals surface area contributed by atoms with Gasteiger partial charge in [0.25, 0.3) is 5.95 Å². The molecule has 1 saturated heterocycles. The number of aromatic nitrogens is 3. The number of piperidine rings is 1. The second-order valence-electron chi connectivity index (χ2n) is 4.95. The maximum atomic E-state index is 12.2. The van der Waals surface area contributed by atoms with E-state index >= 15 is 0 Å². The second-order valence-corrected chi connectivity index (χ2v) is 6.62. The quantitative estimate of drug-likeness (QED) is 0.797. The molecule has 1 atom stereocenters. The zero-order chi connectivity index (χ0) is 15.6. The van der Waals surface area contributed by atoms with Gasteiger partial charge in [0.1, 0.15) is 0 Å². The Hall–Kier alpha value is -1.81. The molecule has 0 radical (unpaired) electrons. The number of carboxylic acid groups (broad SMARTS) is 1. The van der Waals surface area contributed by atoms with Crippen molar-refractivity contribution in [3.63, 3.8) is 0 Å². The lowest BCUT2D eigenvalue weighted by atomic mass is 10.0. The van der Waals surface area contributed by atoms with E-state index in [1.54, 1.807) is 13.8 Å². The minimum atomic E-state index is -3.88. The Morgan fingerprint density at radius 2 is 2.05 bits per heavy atom. The number of hydrogen-bond donors (Lipinski definition) is 2. The molecular formula is C11H17N5O4S. The van der Waals surface area contributed by atoms with Crippen LogP contribution in [0.15, 0.2) is 0 Å². The van der Waals surface area contributed by atoms with Crippen LogP contribution in [0, 0.1) is 19.8 Å². The first-order valence-electron chi connectivity index (χ1n) is 6.48. The Balaban J connectivity index is 2.14. The van der Waals surface area contributed by atoms with Gasteiger partial charge in [-0.05, 0) is 26.7 Å². The summed E-state index contributed by atoms with van der Waals surface area (Å²) >= 11 is 0. The van der Waals surface area contributed by atoms with Gasteiger partial charge >= 0.3 is 16.2 Å². The normalized spacial score (nSPS) is 20.2. The summed E-state index contributed by atoms with van der Waals surface area (Å²) in [4.78, 5) is 15.0. The van der Waals surface area contributed by atoms with Crippen molar-refractivity contribution in [3.8, 4) is 0 Å². The fourth-order valence-corrected chi connectivity index (χ4v) is 3.23. The minimum absolute atomic E-state index is 0.0526. The number of aryl methyl sites for hydroxylation is 2. The predicted molar refractivity (Wildman–Crippen MR) is 73.8 cm³/mol. The fraction of sp³-hybridized carbons (Fsp3) is 0.636. The highest BCUT2D eigenvalue weighted by molar-refractivity contribution is 7.90. The van der Waals surface area contributed by atoms with Crippen molar-refractivity contribution in [1.82, 2.24) is 19.5 Å². The summed E-state index contributed by atoms with van der Waals surface area (Å²) in [6.45, 7) is 3.64. The summed E-state index contributed by atoms with van der Waals surface area (Å²) in [5.41, 5.74) is 1.19. The molecule has 0 spiro atoms. The van der Waals surface area contributed by atoms with Crippen LogP contribution in [0.2, 0.25) is 0 Å². The smallest absolute Gasteiger partial charge is 0.307 e. The molecule has 0 aromatic carbocycles. The van der Waals surface area contributed by atoms with Crippen LogP contribution in [-0.2, 0) is 15.0 Å². The summed E-state index contributed by atoms with van der Waals surface area (Å²) in [6, 6.07) is 0. The standard InChI is InChI=1S/C11H17N5O4S/c1-7-8(2)13-14-11(12-7)15-21(19,20)16-5-3-4-9(6-16)10(17)18/h9H,3-6H2,1-2H3,(H,17,18)(H,12,14,15). The highest BCUT2D eigenvalue weighted by atomic mass is 32.2. The Kier molecular flexibility index (Phi) is 4.37. The number of carbonyl (C=O) groups is 1. The molecular weight excluding hydrogens is 298 g/mol. The number of carboxylic acids is 1. The first kappa shape index (κ1) is 15.6. The molecule has 1 fully saturated rings. The third-order valence-corrected chi connectivity index (χ3v) is 4.84. The van der Waals surface area contributed by atoms with Crippen molar-refractivity contribution in [1.29, 1.82) is 0 Å². The van der Waals surface area contributed by atoms with Gasteiger partial charge in [-0.15, -0.1) is 5.10 Å². The molecule has 1 aromatic heterocycles. The van der Waals surface area contributed by atoms with Crippen LogP contribution >= 0.6 is 0 Å². The molecule has 0 bridgehead atoms. The summed E-state index contributed by atoms with van der Waals surface area (Å²) in [5, 5.41) is 16.5. The lowest BCUT2D eigenvalue weighted by molar-refractivity contribution is -0.142. The minimum Gasteiger partial charge on any atom is -0.481 e. The SMILES string of the molecule is Cc1nnc(NS(=O)(=O)N2CCCC(C(=O)O)C2)nc1C. The third kappa shape index (κ3) is 3.64. The zero-order valence-electron chi connectivity index (χ0n) is 11.8. The maximum Gasteiger partial charge on any atom is 0.307 e. The van der Waals surface area contributed by atoms with E-state index < -0.39 is 22.1 Å². The first-order valence-corrected chi connectivity index (χ1v) is 7.92. The van der Waals surface area contributed by atoms with Gasteiger partial charge in [0.05, 0.1) is 17.3 Å². The van der Waals surface area contributed by atoms with E-state index in [0.29, 0.717) is 24.2 Å². The third-order valence-electron chi connectivity index (χ3n) is 3.39. The Morgan fingerprint density at radius 1 is 1.33 bits per heavy atom. The van der Waals surface area contributed by atoms with E-state index in [9.17, 15) is 13.2 Å². The van der Waals surface area contributed by atoms with E-state index in [1.165, 1.54) is 0 Å². The highest BCUT2D eigenvalue weighted by Gasteiger charge is 2.32. The summed E-state index contributed by atoms with van der Waals surface area (Å²) in [7, 11) is -3.88. The van der Waals surface area contributed by atoms with Crippen LogP contribution < -0.4 is 4.72 Å². The molecule has 2 heterocycles. The monoisotopic (exact) mass is 315 g/mol. The molecule has 21 heavy (non-hydrogen) atoms. The topological polar surface area (TPSA) is 125 Å². The molecule has 9 nitrogen and oxygen atoms in total. The van der Waals surface area contributed by atoms with Crippen molar-refractivity contribution in [2.24, 2.45) is 5.92 Å². The number of nitrogens with zero attached hydrogens (tertiary/aromatic N) is 4. The van der Waals surface area contributed by atoms with Crippen molar-refractivity contribution < 1.29 is 18.3 Å². The number of rotatable bonds is 4. The van der Waals surface area contributed by atoms with Gasteiger partial charge in [-0.25, -0.2) is 9.71 Å². The van der Waals surface area contributed by atoms with E-state index in [0.717, 1.165) is 4.31 Å². The molecule has 1 unspecified atom stereocenters. The molecule has 2 rings (SSSR count). The van der Waals surface area contributed by atoms with E-state index in [-0.39, 0.29) is 19.0 Å². The largest absolute Gasteiger partial charge is 0.481 e. The van der Waals surface area contributed by atoms with Gasteiger partial charge in [0, 0.05) is 13.1 Å². The van der Waals surface area contributed by atoms with Crippen molar-refractivity contribution >= 4 is 22.1 Å². The molecule has 2 N–H and O–H groups in total. The van der Waals surface area contributed by atoms with Gasteiger partial charge in [0.2, 0.25) is 0 Å². The van der Waals surface area contributed by atoms with Gasteiger partial charge in [-0.3, -0.25) is 4.79 Å². The Morgan fingerprint density at radius 3 is 2.67 bits per heavy atom. The number of anilines is 1. The Bertz CT molecular complexity index is 648. The maximum absolute atomic E-state index is 12.2. The average Bonchev–Trinajstić information content (AvgIpc) is 2.43. The summed E-state index contributed by atoms with van der Waals surface area (Å²) < 4.78 is 27.8. The molecule has 0 aliphatic carbocycles. The van der Waals surface area contributed by atoms with Crippen LogP contribution in [0.5, 0.6) is 0 Å². The van der Waals surface area contributed by atoms with Gasteiger partial charge in [0.15, 0.2) is 0 Å². The highest BCUT2D eigenvalue weighted by Crippen LogP contribution is 2.20. The van der Waals surface area contributed by atoms with Crippen molar-refractivity contribution in [3.05, 3.63) is 11.4 Å². The summed E-state index contributed by atoms with van der Waals surface area (Å²) in [5.74, 6) is -1.79. The second kappa shape index (κ2) is 5.90. The average molecular weight is 315 g/mol. The fourth-order valence-electron chi connectivity index (χ4n) is 2.04. The van der Waals surface area contributed by atoms with Crippen LogP contribution in [0.1, 0.15) is 24.2 Å². The van der Waals surface area contributed by atoms with Gasteiger partial charge in [-0.2, -0.15) is 17.8 Å². The van der Waals surface area contributed by atoms with Crippen LogP contribution in [0.4, 0.5) is 5.95 Å². The van der Waals surface area contributed by atoms with Crippen LogP contribution in [0.3, 0.4) is 0 Å². The summed E-state index contributed by atoms with van der Waals surface area (Å²) in [6.07, 6.45) is 0.979. The predicted octanol–water partition coefficient (Wildman–Crippen LogP) is -0.0583. The van der Waals surface area contributed by atoms with E-state index in [1.807, 2.05) is 0 Å². The van der Waals surface area contributed by atoms with Crippen LogP contribution in [-0.4, -0.2) is 52.1 Å². The molecule has 1 aliphatic rings. The lowest BCUT2D eigenvalue weighted by Crippen LogP contribution is -2.45. The van der Waals surface area contributed by atoms with Crippen molar-refractivity contribution in [2.75, 3.05) is 17.8 Å². The van der Waals surface area contributed by atoms with Crippen molar-refractivity contribution in [2.45, 2.75) is 26.7 Å². The van der Waals surface area contributed by atoms with E-state index in [2.05, 4.69) is 19.9 Å². The Labute approximate surface area is 122 Å².